The number of fused-ring (bicyclic) bond motifs is 2. The molecule has 0 aliphatic carbocycles. The molecule has 0 saturated heterocycles. The lowest BCUT2D eigenvalue weighted by Crippen LogP contribution is -2.32. The maximum Gasteiger partial charge on any atom is 0.263 e. The van der Waals surface area contributed by atoms with Gasteiger partial charge in [0.05, 0.1) is 70.6 Å². The molecule has 4 aromatic carbocycles. The number of amides is 2. The van der Waals surface area contributed by atoms with Crippen molar-refractivity contribution < 1.29 is 44.7 Å². The first-order valence-electron chi connectivity index (χ1n) is 22.5. The van der Waals surface area contributed by atoms with Gasteiger partial charge in [-0.05, 0) is 83.9 Å². The van der Waals surface area contributed by atoms with Crippen molar-refractivity contribution in [3.05, 3.63) is 152 Å². The van der Waals surface area contributed by atoms with Crippen molar-refractivity contribution in [3.63, 3.8) is 0 Å². The molecule has 0 fully saturated rings. The number of hydrogen-bond donors (Lipinski definition) is 4. The molecule has 76 heavy (non-hydrogen) atoms. The van der Waals surface area contributed by atoms with Gasteiger partial charge in [-0.25, -0.2) is 45.6 Å². The fraction of sp³-hybridized carbons (Fsp3) is 0.200. The summed E-state index contributed by atoms with van der Waals surface area (Å²) in [6.45, 7) is 3.70. The highest BCUT2D eigenvalue weighted by atomic mass is 35.5. The highest BCUT2D eigenvalue weighted by Gasteiger charge is 2.24. The fourth-order valence-corrected chi connectivity index (χ4v) is 10.8. The van der Waals surface area contributed by atoms with Gasteiger partial charge in [0, 0.05) is 50.7 Å². The van der Waals surface area contributed by atoms with Crippen LogP contribution in [0.15, 0.2) is 129 Å². The van der Waals surface area contributed by atoms with Crippen molar-refractivity contribution in [2.75, 3.05) is 37.8 Å². The predicted molar refractivity (Wildman–Crippen MR) is 282 cm³/mol. The summed E-state index contributed by atoms with van der Waals surface area (Å²) in [5.41, 5.74) is 2.33. The van der Waals surface area contributed by atoms with Crippen molar-refractivity contribution in [1.82, 2.24) is 39.7 Å². The second kappa shape index (κ2) is 23.2. The second-order valence-corrected chi connectivity index (χ2v) is 20.9. The molecule has 0 radical (unpaired) electrons. The normalized spacial score (nSPS) is 12.2. The number of aromatic nitrogens is 6. The van der Waals surface area contributed by atoms with Gasteiger partial charge in [-0.3, -0.25) is 37.8 Å². The Bertz CT molecular complexity index is 3670. The average molecular weight is 1120 g/mol. The lowest BCUT2D eigenvalue weighted by atomic mass is 10.0. The van der Waals surface area contributed by atoms with E-state index in [-0.39, 0.29) is 79.0 Å². The third-order valence-electron chi connectivity index (χ3n) is 11.6. The minimum Gasteiger partial charge on any atom is -0.480 e. The van der Waals surface area contributed by atoms with Crippen LogP contribution >= 0.6 is 23.2 Å². The predicted octanol–water partition coefficient (Wildman–Crippen LogP) is 6.89. The summed E-state index contributed by atoms with van der Waals surface area (Å²) in [6, 6.07) is 18.8. The number of methoxy groups -OCH3 is 2. The summed E-state index contributed by atoms with van der Waals surface area (Å²) in [5, 5.41) is 5.15. The lowest BCUT2D eigenvalue weighted by Gasteiger charge is -2.14. The zero-order valence-corrected chi connectivity index (χ0v) is 44.2. The summed E-state index contributed by atoms with van der Waals surface area (Å²) in [6.07, 6.45) is 5.72. The van der Waals surface area contributed by atoms with Crippen molar-refractivity contribution in [2.45, 2.75) is 36.7 Å². The van der Waals surface area contributed by atoms with Crippen molar-refractivity contribution in [3.8, 4) is 34.0 Å². The Hall–Kier alpha value is -8.06. The van der Waals surface area contributed by atoms with Crippen LogP contribution in [0.25, 0.3) is 44.1 Å². The molecule has 0 saturated carbocycles. The molecule has 20 nitrogen and oxygen atoms in total. The van der Waals surface area contributed by atoms with Crippen LogP contribution in [0.2, 0.25) is 10.0 Å². The average Bonchev–Trinajstić information content (AvgIpc) is 3.39. The molecule has 2 atom stereocenters. The Morgan fingerprint density at radius 3 is 1.30 bits per heavy atom. The maximum atomic E-state index is 13.4. The molecule has 8 aromatic rings. The molecule has 4 N–H and O–H groups in total. The summed E-state index contributed by atoms with van der Waals surface area (Å²) in [5.74, 6) is -2.68. The van der Waals surface area contributed by atoms with E-state index in [1.807, 2.05) is 0 Å². The fourth-order valence-electron chi connectivity index (χ4n) is 7.66. The van der Waals surface area contributed by atoms with Crippen molar-refractivity contribution >= 4 is 88.2 Å². The number of nitrogens with one attached hydrogen (secondary N) is 4. The van der Waals surface area contributed by atoms with Crippen LogP contribution in [0.3, 0.4) is 0 Å². The third kappa shape index (κ3) is 12.4. The minimum absolute atomic E-state index is 0.00786. The van der Waals surface area contributed by atoms with Crippen LogP contribution in [0, 0.1) is 23.5 Å². The zero-order chi connectivity index (χ0) is 55.2. The first kappa shape index (κ1) is 55.7. The molecular formula is C50H46Cl2F2N10O10S2. The Labute approximate surface area is 443 Å². The lowest BCUT2D eigenvalue weighted by molar-refractivity contribution is -0.125. The Balaban J connectivity index is 0.000000221. The van der Waals surface area contributed by atoms with Gasteiger partial charge in [-0.15, -0.1) is 0 Å². The Kier molecular flexibility index (Phi) is 17.0. The number of benzene rings is 4. The van der Waals surface area contributed by atoms with Gasteiger partial charge < -0.3 is 20.1 Å². The number of halogens is 4. The van der Waals surface area contributed by atoms with Crippen LogP contribution < -0.4 is 40.7 Å². The topological polar surface area (TPSA) is 265 Å². The molecule has 0 aliphatic rings. The monoisotopic (exact) mass is 1120 g/mol. The molecule has 2 amide bonds. The molecular weight excluding hydrogens is 1070 g/mol. The molecule has 0 unspecified atom stereocenters. The number of sulfonamides is 2. The van der Waals surface area contributed by atoms with Gasteiger partial charge in [0.1, 0.15) is 32.8 Å². The summed E-state index contributed by atoms with van der Waals surface area (Å²) in [4.78, 5) is 66.5. The van der Waals surface area contributed by atoms with Gasteiger partial charge in [0.25, 0.3) is 31.2 Å². The zero-order valence-electron chi connectivity index (χ0n) is 41.1. The first-order valence-corrected chi connectivity index (χ1v) is 26.3. The third-order valence-corrected chi connectivity index (χ3v) is 15.3. The molecule has 4 heterocycles. The van der Waals surface area contributed by atoms with Gasteiger partial charge in [-0.1, -0.05) is 49.2 Å². The van der Waals surface area contributed by atoms with Gasteiger partial charge >= 0.3 is 0 Å². The van der Waals surface area contributed by atoms with E-state index >= 15 is 0 Å². The SMILES string of the molecule is CNC(=O)[C@@H](C)Cn1cnc2ccc(-c3cnc(OC)c(NS(=O)(=O)c4ccc(F)cc4Cl)c3)cc2c1=O.CNC(=O)[C@H](C)Cn1cnc2ccc(-c3cnc(OC)c(NS(=O)(=O)c4ccc(F)cc4Cl)c3)cc2c1=O. The van der Waals surface area contributed by atoms with E-state index in [1.54, 1.807) is 50.2 Å². The van der Waals surface area contributed by atoms with Crippen molar-refractivity contribution in [1.29, 1.82) is 0 Å². The first-order chi connectivity index (χ1) is 36.1. The molecule has 396 valence electrons. The number of carbonyl (C=O) groups excluding carboxylic acids is 2. The highest BCUT2D eigenvalue weighted by Crippen LogP contribution is 2.34. The Morgan fingerprint density at radius 1 is 0.579 bits per heavy atom. The van der Waals surface area contributed by atoms with Crippen LogP contribution in [0.5, 0.6) is 11.8 Å². The quantitative estimate of drug-likeness (QED) is 0.0768. The van der Waals surface area contributed by atoms with E-state index in [0.29, 0.717) is 44.1 Å². The summed E-state index contributed by atoms with van der Waals surface area (Å²) < 4.78 is 96.7. The van der Waals surface area contributed by atoms with Gasteiger partial charge in [0.2, 0.25) is 23.6 Å². The molecule has 0 bridgehead atoms. The van der Waals surface area contributed by atoms with Crippen LogP contribution in [0.1, 0.15) is 13.8 Å². The van der Waals surface area contributed by atoms with E-state index in [2.05, 4.69) is 40.0 Å². The van der Waals surface area contributed by atoms with Gasteiger partial charge in [-0.2, -0.15) is 0 Å². The standard InChI is InChI=1S/2C25H23ClFN5O5S/c2*1-14(23(33)28-2)12-32-13-30-20-6-4-15(8-18(20)25(32)34)16-9-21(24(37-3)29-11-16)31-38(35,36)22-7-5-17(27)10-19(22)26/h2*4-11,13-14,31H,12H2,1-3H3,(H,28,33)/t2*14-/m10/s1. The van der Waals surface area contributed by atoms with E-state index in [0.717, 1.165) is 36.4 Å². The van der Waals surface area contributed by atoms with E-state index in [9.17, 15) is 44.8 Å². The smallest absolute Gasteiger partial charge is 0.263 e. The maximum absolute atomic E-state index is 13.4. The largest absolute Gasteiger partial charge is 0.480 e. The summed E-state index contributed by atoms with van der Waals surface area (Å²) in [7, 11) is -2.74. The summed E-state index contributed by atoms with van der Waals surface area (Å²) >= 11 is 11.9. The van der Waals surface area contributed by atoms with E-state index in [1.165, 1.54) is 74.6 Å². The number of hydrogen-bond acceptors (Lipinski definition) is 14. The molecule has 0 spiro atoms. The second-order valence-electron chi connectivity index (χ2n) is 16.8. The number of ether oxygens (including phenoxy) is 2. The number of pyridine rings is 2. The minimum atomic E-state index is -4.22. The molecule has 4 aromatic heterocycles. The van der Waals surface area contributed by atoms with Crippen LogP contribution in [0.4, 0.5) is 20.2 Å². The van der Waals surface area contributed by atoms with Crippen LogP contribution in [-0.4, -0.2) is 86.0 Å². The van der Waals surface area contributed by atoms with Gasteiger partial charge in [0.15, 0.2) is 0 Å². The molecule has 0 aliphatic heterocycles. The van der Waals surface area contributed by atoms with E-state index in [4.69, 9.17) is 32.7 Å². The van der Waals surface area contributed by atoms with E-state index < -0.39 is 43.5 Å². The number of carbonyl (C=O) groups is 2. The highest BCUT2D eigenvalue weighted by molar-refractivity contribution is 7.93. The number of anilines is 2. The molecule has 8 rings (SSSR count). The Morgan fingerprint density at radius 2 is 0.961 bits per heavy atom. The number of rotatable bonds is 16. The van der Waals surface area contributed by atoms with Crippen molar-refractivity contribution in [2.24, 2.45) is 11.8 Å². The molecule has 26 heteroatoms. The number of nitrogens with zero attached hydrogens (tertiary/aromatic N) is 6. The van der Waals surface area contributed by atoms with Crippen LogP contribution in [-0.2, 0) is 42.7 Å².